The van der Waals surface area contributed by atoms with E-state index >= 15 is 0 Å². The summed E-state index contributed by atoms with van der Waals surface area (Å²) in [5.41, 5.74) is 1.02. The van der Waals surface area contributed by atoms with Crippen LogP contribution in [0.4, 0.5) is 0 Å². The summed E-state index contributed by atoms with van der Waals surface area (Å²) in [6.07, 6.45) is 2.47. The maximum atomic E-state index is 12.5. The number of ether oxygens (including phenoxy) is 1. The Morgan fingerprint density at radius 2 is 1.46 bits per heavy atom. The molecule has 3 rings (SSSR count). The van der Waals surface area contributed by atoms with Crippen molar-refractivity contribution in [2.75, 3.05) is 11.5 Å². The van der Waals surface area contributed by atoms with Crippen LogP contribution in [0.2, 0.25) is 5.04 Å². The number of hydrogen-bond donors (Lipinski definition) is 0. The minimum Gasteiger partial charge on any atom is -0.534 e. The van der Waals surface area contributed by atoms with Gasteiger partial charge in [0, 0.05) is 12.1 Å². The van der Waals surface area contributed by atoms with Gasteiger partial charge in [-0.05, 0) is 52.4 Å². The van der Waals surface area contributed by atoms with Crippen LogP contribution in [0.3, 0.4) is 0 Å². The SMILES string of the molecule is CCSCCC(C)=CC(=O)Oc1cccc(O[Si](c2ccccc2)(c2ccccc2)C(C)(C)C)c1. The molecule has 0 aliphatic rings. The zero-order chi connectivity index (χ0) is 25.3. The minimum atomic E-state index is -2.75. The van der Waals surface area contributed by atoms with Gasteiger partial charge in [-0.2, -0.15) is 11.8 Å². The van der Waals surface area contributed by atoms with Crippen molar-refractivity contribution in [3.63, 3.8) is 0 Å². The van der Waals surface area contributed by atoms with Crippen LogP contribution in [-0.2, 0) is 4.79 Å². The number of carbonyl (C=O) groups excluding carboxylic acids is 1. The molecule has 0 aliphatic carbocycles. The van der Waals surface area contributed by atoms with Crippen molar-refractivity contribution in [1.82, 2.24) is 0 Å². The van der Waals surface area contributed by atoms with Gasteiger partial charge in [0.2, 0.25) is 0 Å². The number of thioether (sulfide) groups is 1. The van der Waals surface area contributed by atoms with Gasteiger partial charge >= 0.3 is 14.3 Å². The third-order valence-electron chi connectivity index (χ3n) is 5.92. The van der Waals surface area contributed by atoms with Gasteiger partial charge in [-0.1, -0.05) is 100.0 Å². The maximum Gasteiger partial charge on any atom is 0.336 e. The molecule has 0 bridgehead atoms. The molecule has 0 atom stereocenters. The van der Waals surface area contributed by atoms with Crippen LogP contribution in [0.25, 0.3) is 0 Å². The van der Waals surface area contributed by atoms with Crippen LogP contribution < -0.4 is 19.5 Å². The molecule has 0 aliphatic heterocycles. The first-order valence-corrected chi connectivity index (χ1v) is 15.2. The Morgan fingerprint density at radius 1 is 0.886 bits per heavy atom. The second kappa shape index (κ2) is 12.3. The summed E-state index contributed by atoms with van der Waals surface area (Å²) < 4.78 is 12.7. The van der Waals surface area contributed by atoms with Gasteiger partial charge in [0.1, 0.15) is 11.5 Å². The lowest BCUT2D eigenvalue weighted by Crippen LogP contribution is -2.68. The lowest BCUT2D eigenvalue weighted by molar-refractivity contribution is -0.129. The van der Waals surface area contributed by atoms with Crippen molar-refractivity contribution >= 4 is 36.4 Å². The van der Waals surface area contributed by atoms with Gasteiger partial charge in [-0.25, -0.2) is 4.79 Å². The van der Waals surface area contributed by atoms with E-state index in [9.17, 15) is 4.79 Å². The Balaban J connectivity index is 1.93. The molecule has 0 unspecified atom stereocenters. The zero-order valence-corrected chi connectivity index (χ0v) is 23.2. The van der Waals surface area contributed by atoms with Crippen LogP contribution in [0, 0.1) is 0 Å². The molecular weight excluding hydrogens is 468 g/mol. The predicted molar refractivity (Wildman–Crippen MR) is 152 cm³/mol. The van der Waals surface area contributed by atoms with E-state index in [2.05, 4.69) is 76.2 Å². The monoisotopic (exact) mass is 504 g/mol. The van der Waals surface area contributed by atoms with Crippen molar-refractivity contribution in [2.45, 2.75) is 46.1 Å². The minimum absolute atomic E-state index is 0.154. The second-order valence-electron chi connectivity index (χ2n) is 9.60. The Morgan fingerprint density at radius 3 is 2.00 bits per heavy atom. The summed E-state index contributed by atoms with van der Waals surface area (Å²) >= 11 is 1.87. The molecule has 0 saturated heterocycles. The molecule has 0 saturated carbocycles. The van der Waals surface area contributed by atoms with Crippen molar-refractivity contribution in [3.8, 4) is 11.5 Å². The van der Waals surface area contributed by atoms with Gasteiger partial charge in [0.25, 0.3) is 0 Å². The van der Waals surface area contributed by atoms with E-state index in [-0.39, 0.29) is 11.0 Å². The van der Waals surface area contributed by atoms with Gasteiger partial charge in [0.15, 0.2) is 0 Å². The van der Waals surface area contributed by atoms with Crippen LogP contribution in [0.1, 0.15) is 41.0 Å². The lowest BCUT2D eigenvalue weighted by Gasteiger charge is -2.43. The first-order valence-electron chi connectivity index (χ1n) is 12.1. The first kappa shape index (κ1) is 26.8. The Kier molecular flexibility index (Phi) is 9.41. The molecule has 3 nitrogen and oxygen atoms in total. The molecule has 35 heavy (non-hydrogen) atoms. The van der Waals surface area contributed by atoms with E-state index in [4.69, 9.17) is 9.16 Å². The molecule has 0 radical (unpaired) electrons. The van der Waals surface area contributed by atoms with Gasteiger partial charge in [0.05, 0.1) is 0 Å². The Hall–Kier alpha value is -2.76. The average molecular weight is 505 g/mol. The molecule has 0 spiro atoms. The van der Waals surface area contributed by atoms with E-state index < -0.39 is 8.32 Å². The summed E-state index contributed by atoms with van der Waals surface area (Å²) in [6, 6.07) is 28.5. The topological polar surface area (TPSA) is 35.5 Å². The lowest BCUT2D eigenvalue weighted by atomic mass is 10.2. The van der Waals surface area contributed by atoms with E-state index in [0.29, 0.717) is 11.5 Å². The summed E-state index contributed by atoms with van der Waals surface area (Å²) in [4.78, 5) is 12.5. The maximum absolute atomic E-state index is 12.5. The highest BCUT2D eigenvalue weighted by atomic mass is 32.2. The quantitative estimate of drug-likeness (QED) is 0.102. The van der Waals surface area contributed by atoms with Gasteiger partial charge < -0.3 is 9.16 Å². The van der Waals surface area contributed by atoms with Crippen LogP contribution >= 0.6 is 11.8 Å². The highest BCUT2D eigenvalue weighted by molar-refractivity contribution is 7.99. The fourth-order valence-corrected chi connectivity index (χ4v) is 9.39. The number of benzene rings is 3. The number of hydrogen-bond acceptors (Lipinski definition) is 4. The van der Waals surface area contributed by atoms with Crippen LogP contribution in [0.5, 0.6) is 11.5 Å². The molecule has 3 aromatic rings. The van der Waals surface area contributed by atoms with E-state index in [1.165, 1.54) is 10.4 Å². The normalized spacial score (nSPS) is 12.3. The fourth-order valence-electron chi connectivity index (χ4n) is 4.22. The van der Waals surface area contributed by atoms with E-state index in [1.54, 1.807) is 12.1 Å². The van der Waals surface area contributed by atoms with E-state index in [1.807, 2.05) is 49.0 Å². The van der Waals surface area contributed by atoms with Gasteiger partial charge in [-0.15, -0.1) is 0 Å². The molecule has 3 aromatic carbocycles. The third-order valence-corrected chi connectivity index (χ3v) is 11.8. The first-order chi connectivity index (χ1) is 16.8. The average Bonchev–Trinajstić information content (AvgIpc) is 2.83. The summed E-state index contributed by atoms with van der Waals surface area (Å²) in [5.74, 6) is 2.91. The Bertz CT molecular complexity index is 1080. The summed E-state index contributed by atoms with van der Waals surface area (Å²) in [7, 11) is -2.75. The second-order valence-corrected chi connectivity index (χ2v) is 15.2. The largest absolute Gasteiger partial charge is 0.534 e. The van der Waals surface area contributed by atoms with Crippen molar-refractivity contribution < 1.29 is 14.0 Å². The number of carbonyl (C=O) groups is 1. The molecule has 5 heteroatoms. The highest BCUT2D eigenvalue weighted by Crippen LogP contribution is 2.38. The molecular formula is C30H36O3SSi. The highest BCUT2D eigenvalue weighted by Gasteiger charge is 2.52. The van der Waals surface area contributed by atoms with Gasteiger partial charge in [-0.3, -0.25) is 0 Å². The molecule has 0 aromatic heterocycles. The molecule has 184 valence electrons. The summed E-state index contributed by atoms with van der Waals surface area (Å²) in [5, 5.41) is 2.24. The predicted octanol–water partition coefficient (Wildman–Crippen LogP) is 6.62. The number of esters is 1. The van der Waals surface area contributed by atoms with E-state index in [0.717, 1.165) is 23.5 Å². The fraction of sp³-hybridized carbons (Fsp3) is 0.300. The molecule has 0 fully saturated rings. The molecule has 0 heterocycles. The third kappa shape index (κ3) is 6.89. The van der Waals surface area contributed by atoms with Crippen molar-refractivity contribution in [1.29, 1.82) is 0 Å². The standard InChI is InChI=1S/C30H36O3SSi/c1-6-34-21-20-24(2)22-29(31)32-25-14-13-15-26(23-25)33-35(30(3,4)5,27-16-9-7-10-17-27)28-18-11-8-12-19-28/h7-19,22-23H,6,20-21H2,1-5H3. The van der Waals surface area contributed by atoms with Crippen LogP contribution in [0.15, 0.2) is 96.6 Å². The molecule has 0 amide bonds. The zero-order valence-electron chi connectivity index (χ0n) is 21.4. The molecule has 0 N–H and O–H groups in total. The van der Waals surface area contributed by atoms with Crippen LogP contribution in [-0.4, -0.2) is 25.8 Å². The smallest absolute Gasteiger partial charge is 0.336 e. The van der Waals surface area contributed by atoms with Crippen molar-refractivity contribution in [2.24, 2.45) is 0 Å². The number of rotatable bonds is 10. The summed E-state index contributed by atoms with van der Waals surface area (Å²) in [6.45, 7) is 10.8. The number of allylic oxidation sites excluding steroid dienone is 1. The Labute approximate surface area is 215 Å². The van der Waals surface area contributed by atoms with Crippen molar-refractivity contribution in [3.05, 3.63) is 96.6 Å².